The lowest BCUT2D eigenvalue weighted by Gasteiger charge is -2.07. The van der Waals surface area contributed by atoms with E-state index in [9.17, 15) is 4.39 Å². The van der Waals surface area contributed by atoms with Crippen LogP contribution in [0.3, 0.4) is 0 Å². The molecular formula is C19H19FN2O2. The van der Waals surface area contributed by atoms with Crippen LogP contribution in [0.5, 0.6) is 5.75 Å². The van der Waals surface area contributed by atoms with E-state index in [1.54, 1.807) is 6.07 Å². The molecule has 2 aromatic carbocycles. The number of benzene rings is 2. The number of nitrogens with zero attached hydrogens (tertiary/aromatic N) is 2. The van der Waals surface area contributed by atoms with Gasteiger partial charge in [-0.1, -0.05) is 24.3 Å². The highest BCUT2D eigenvalue weighted by Crippen LogP contribution is 2.28. The molecule has 0 bridgehead atoms. The molecule has 5 heteroatoms. The molecule has 0 aliphatic carbocycles. The summed E-state index contributed by atoms with van der Waals surface area (Å²) in [4.78, 5) is 0. The molecule has 0 saturated carbocycles. The molecule has 0 radical (unpaired) electrons. The van der Waals surface area contributed by atoms with Crippen LogP contribution in [0.25, 0.3) is 22.4 Å². The Morgan fingerprint density at radius 1 is 1.08 bits per heavy atom. The molecule has 0 atom stereocenters. The van der Waals surface area contributed by atoms with Crippen molar-refractivity contribution < 1.29 is 14.2 Å². The fourth-order valence-electron chi connectivity index (χ4n) is 2.58. The zero-order valence-electron chi connectivity index (χ0n) is 13.4. The van der Waals surface area contributed by atoms with Crippen LogP contribution in [0.2, 0.25) is 0 Å². The summed E-state index contributed by atoms with van der Waals surface area (Å²) in [5, 5.41) is 13.4. The zero-order chi connectivity index (χ0) is 16.9. The second kappa shape index (κ2) is 7.27. The zero-order valence-corrected chi connectivity index (χ0v) is 13.4. The molecule has 4 nitrogen and oxygen atoms in total. The number of ether oxygens (including phenoxy) is 1. The second-order valence-corrected chi connectivity index (χ2v) is 5.47. The van der Waals surface area contributed by atoms with E-state index in [0.717, 1.165) is 22.4 Å². The Morgan fingerprint density at radius 2 is 1.88 bits per heavy atom. The van der Waals surface area contributed by atoms with Crippen molar-refractivity contribution in [2.45, 2.75) is 13.0 Å². The highest BCUT2D eigenvalue weighted by Gasteiger charge is 2.08. The molecule has 124 valence electrons. The third-order valence-electron chi connectivity index (χ3n) is 3.83. The van der Waals surface area contributed by atoms with Gasteiger partial charge in [-0.3, -0.25) is 4.68 Å². The summed E-state index contributed by atoms with van der Waals surface area (Å²) in [6.45, 7) is 0.827. The topological polar surface area (TPSA) is 47.3 Å². The van der Waals surface area contributed by atoms with Crippen molar-refractivity contribution in [1.82, 2.24) is 9.78 Å². The van der Waals surface area contributed by atoms with Crippen molar-refractivity contribution in [2.24, 2.45) is 0 Å². The van der Waals surface area contributed by atoms with Gasteiger partial charge in [0, 0.05) is 24.9 Å². The van der Waals surface area contributed by atoms with Crippen LogP contribution >= 0.6 is 0 Å². The summed E-state index contributed by atoms with van der Waals surface area (Å²) in [5.74, 6) is -0.147. The molecular weight excluding hydrogens is 307 g/mol. The Kier molecular flexibility index (Phi) is 4.91. The minimum absolute atomic E-state index is 0.147. The van der Waals surface area contributed by atoms with Gasteiger partial charge in [-0.05, 0) is 41.8 Å². The van der Waals surface area contributed by atoms with Gasteiger partial charge in [0.15, 0.2) is 11.6 Å². The summed E-state index contributed by atoms with van der Waals surface area (Å²) in [6, 6.07) is 14.7. The van der Waals surface area contributed by atoms with Crippen molar-refractivity contribution >= 4 is 0 Å². The van der Waals surface area contributed by atoms with Crippen LogP contribution in [0.15, 0.2) is 54.7 Å². The molecule has 1 N–H and O–H groups in total. The van der Waals surface area contributed by atoms with Crippen LogP contribution in [0.1, 0.15) is 6.42 Å². The first kappa shape index (κ1) is 16.2. The maximum Gasteiger partial charge on any atom is 0.165 e. The van der Waals surface area contributed by atoms with Crippen molar-refractivity contribution in [3.8, 4) is 28.1 Å². The first-order valence-corrected chi connectivity index (χ1v) is 7.80. The quantitative estimate of drug-likeness (QED) is 0.750. The predicted octanol–water partition coefficient (Wildman–Crippen LogP) is 3.75. The largest absolute Gasteiger partial charge is 0.494 e. The number of rotatable bonds is 6. The van der Waals surface area contributed by atoms with Crippen LogP contribution in [0.4, 0.5) is 4.39 Å². The van der Waals surface area contributed by atoms with E-state index in [-0.39, 0.29) is 18.2 Å². The molecule has 0 saturated heterocycles. The Morgan fingerprint density at radius 3 is 2.62 bits per heavy atom. The summed E-state index contributed by atoms with van der Waals surface area (Å²) in [6.07, 6.45) is 2.57. The van der Waals surface area contributed by atoms with Gasteiger partial charge in [0.1, 0.15) is 0 Å². The van der Waals surface area contributed by atoms with E-state index in [2.05, 4.69) is 5.10 Å². The van der Waals surface area contributed by atoms with Crippen LogP contribution in [-0.4, -0.2) is 28.6 Å². The Hall–Kier alpha value is -2.66. The van der Waals surface area contributed by atoms with E-state index < -0.39 is 0 Å². The van der Waals surface area contributed by atoms with Crippen molar-refractivity contribution in [3.63, 3.8) is 0 Å². The van der Waals surface area contributed by atoms with Gasteiger partial charge in [-0.2, -0.15) is 5.10 Å². The lowest BCUT2D eigenvalue weighted by Crippen LogP contribution is -2.00. The third kappa shape index (κ3) is 3.46. The molecule has 1 heterocycles. The normalized spacial score (nSPS) is 10.8. The van der Waals surface area contributed by atoms with E-state index in [4.69, 9.17) is 9.84 Å². The standard InChI is InChI=1S/C19H19FN2O2/c1-24-19-7-6-15(13-17(19)20)14-4-2-5-16(12-14)18-8-10-22(21-18)9-3-11-23/h2,4-8,10,12-13,23H,3,9,11H2,1H3. The molecule has 0 unspecified atom stereocenters. The highest BCUT2D eigenvalue weighted by molar-refractivity contribution is 5.71. The molecule has 0 amide bonds. The number of methoxy groups -OCH3 is 1. The Bertz CT molecular complexity index is 830. The first-order chi connectivity index (χ1) is 11.7. The molecule has 0 fully saturated rings. The predicted molar refractivity (Wildman–Crippen MR) is 91.3 cm³/mol. The van der Waals surface area contributed by atoms with Crippen molar-refractivity contribution in [2.75, 3.05) is 13.7 Å². The van der Waals surface area contributed by atoms with Gasteiger partial charge in [0.25, 0.3) is 0 Å². The molecule has 0 aliphatic heterocycles. The van der Waals surface area contributed by atoms with Gasteiger partial charge < -0.3 is 9.84 Å². The van der Waals surface area contributed by atoms with Gasteiger partial charge in [0.2, 0.25) is 0 Å². The fourth-order valence-corrected chi connectivity index (χ4v) is 2.58. The molecule has 0 spiro atoms. The van der Waals surface area contributed by atoms with Crippen LogP contribution in [-0.2, 0) is 6.54 Å². The molecule has 24 heavy (non-hydrogen) atoms. The summed E-state index contributed by atoms with van der Waals surface area (Å²) in [7, 11) is 1.45. The van der Waals surface area contributed by atoms with E-state index >= 15 is 0 Å². The summed E-state index contributed by atoms with van der Waals surface area (Å²) in [5.41, 5.74) is 3.52. The Labute approximate surface area is 140 Å². The van der Waals surface area contributed by atoms with Crippen LogP contribution in [0, 0.1) is 5.82 Å². The van der Waals surface area contributed by atoms with Gasteiger partial charge in [-0.25, -0.2) is 4.39 Å². The number of hydrogen-bond acceptors (Lipinski definition) is 3. The summed E-state index contributed by atoms with van der Waals surface area (Å²) >= 11 is 0. The smallest absolute Gasteiger partial charge is 0.165 e. The number of hydrogen-bond donors (Lipinski definition) is 1. The van der Waals surface area contributed by atoms with Crippen LogP contribution < -0.4 is 4.74 Å². The number of aromatic nitrogens is 2. The van der Waals surface area contributed by atoms with E-state index in [1.807, 2.05) is 47.3 Å². The van der Waals surface area contributed by atoms with E-state index in [1.165, 1.54) is 13.2 Å². The van der Waals surface area contributed by atoms with Gasteiger partial charge >= 0.3 is 0 Å². The number of aliphatic hydroxyl groups is 1. The first-order valence-electron chi connectivity index (χ1n) is 7.80. The minimum Gasteiger partial charge on any atom is -0.494 e. The Balaban J connectivity index is 1.89. The van der Waals surface area contributed by atoms with Gasteiger partial charge in [-0.15, -0.1) is 0 Å². The number of halogens is 1. The van der Waals surface area contributed by atoms with E-state index in [0.29, 0.717) is 13.0 Å². The van der Waals surface area contributed by atoms with Crippen molar-refractivity contribution in [3.05, 3.63) is 60.5 Å². The lowest BCUT2D eigenvalue weighted by molar-refractivity contribution is 0.277. The van der Waals surface area contributed by atoms with Gasteiger partial charge in [0.05, 0.1) is 12.8 Å². The minimum atomic E-state index is -0.381. The maximum absolute atomic E-state index is 13.9. The molecule has 1 aromatic heterocycles. The maximum atomic E-state index is 13.9. The molecule has 3 rings (SSSR count). The SMILES string of the molecule is COc1ccc(-c2cccc(-c3ccn(CCCO)n3)c2)cc1F. The highest BCUT2D eigenvalue weighted by atomic mass is 19.1. The monoisotopic (exact) mass is 326 g/mol. The average molecular weight is 326 g/mol. The fraction of sp³-hybridized carbons (Fsp3) is 0.211. The summed E-state index contributed by atoms with van der Waals surface area (Å²) < 4.78 is 20.7. The second-order valence-electron chi connectivity index (χ2n) is 5.47. The molecule has 3 aromatic rings. The third-order valence-corrected chi connectivity index (χ3v) is 3.83. The average Bonchev–Trinajstić information content (AvgIpc) is 3.09. The molecule has 0 aliphatic rings. The number of aryl methyl sites for hydroxylation is 1. The van der Waals surface area contributed by atoms with Crippen molar-refractivity contribution in [1.29, 1.82) is 0 Å². The lowest BCUT2D eigenvalue weighted by atomic mass is 10.0. The number of aliphatic hydroxyl groups excluding tert-OH is 1.